The van der Waals surface area contributed by atoms with Gasteiger partial charge in [0.15, 0.2) is 0 Å². The average Bonchev–Trinajstić information content (AvgIpc) is 2.37. The number of halogens is 1. The molecule has 5 nitrogen and oxygen atoms in total. The Labute approximate surface area is 114 Å². The van der Waals surface area contributed by atoms with E-state index in [1.54, 1.807) is 23.4 Å². The van der Waals surface area contributed by atoms with E-state index in [0.29, 0.717) is 18.7 Å². The highest BCUT2D eigenvalue weighted by atomic mass is 79.9. The molecule has 0 aliphatic carbocycles. The highest BCUT2D eigenvalue weighted by molar-refractivity contribution is 9.10. The number of carbonyl (C=O) groups is 1. The molecule has 2 rings (SSSR count). The minimum absolute atomic E-state index is 0.0695. The monoisotopic (exact) mass is 314 g/mol. The number of pyridine rings is 1. The van der Waals surface area contributed by atoms with Crippen molar-refractivity contribution in [1.29, 1.82) is 0 Å². The van der Waals surface area contributed by atoms with Gasteiger partial charge in [-0.25, -0.2) is 0 Å². The molecule has 6 heteroatoms. The molecule has 1 fully saturated rings. The number of aliphatic hydroxyl groups is 1. The molecular weight excluding hydrogens is 300 g/mol. The summed E-state index contributed by atoms with van der Waals surface area (Å²) in [5.74, 6) is -0.0857. The van der Waals surface area contributed by atoms with Crippen molar-refractivity contribution in [3.05, 3.63) is 28.5 Å². The zero-order chi connectivity index (χ0) is 13.1. The number of morpholine rings is 1. The number of aliphatic hydroxyl groups excluding tert-OH is 1. The first kappa shape index (κ1) is 13.5. The van der Waals surface area contributed by atoms with Crippen LogP contribution in [0.2, 0.25) is 0 Å². The van der Waals surface area contributed by atoms with Crippen molar-refractivity contribution in [2.45, 2.75) is 19.1 Å². The number of amides is 1. The number of hydrogen-bond donors (Lipinski definition) is 1. The first-order valence-electron chi connectivity index (χ1n) is 5.76. The first-order valence-corrected chi connectivity index (χ1v) is 6.55. The van der Waals surface area contributed by atoms with Gasteiger partial charge in [0.1, 0.15) is 0 Å². The lowest BCUT2D eigenvalue weighted by molar-refractivity contribution is -0.0858. The van der Waals surface area contributed by atoms with Crippen molar-refractivity contribution in [3.8, 4) is 0 Å². The van der Waals surface area contributed by atoms with Gasteiger partial charge in [-0.3, -0.25) is 9.78 Å². The van der Waals surface area contributed by atoms with Gasteiger partial charge in [-0.2, -0.15) is 0 Å². The molecule has 0 spiro atoms. The second-order valence-electron chi connectivity index (χ2n) is 4.35. The van der Waals surface area contributed by atoms with Crippen LogP contribution in [-0.4, -0.2) is 52.8 Å². The van der Waals surface area contributed by atoms with Gasteiger partial charge >= 0.3 is 0 Å². The third kappa shape index (κ3) is 3.07. The minimum atomic E-state index is -0.308. The molecular formula is C12H15BrN2O3. The molecule has 18 heavy (non-hydrogen) atoms. The third-order valence-corrected chi connectivity index (χ3v) is 3.20. The highest BCUT2D eigenvalue weighted by Crippen LogP contribution is 2.16. The summed E-state index contributed by atoms with van der Waals surface area (Å²) in [4.78, 5) is 18.0. The third-order valence-electron chi connectivity index (χ3n) is 2.77. The molecule has 1 aromatic rings. The van der Waals surface area contributed by atoms with E-state index in [1.165, 1.54) is 0 Å². The molecule has 1 aromatic heterocycles. The number of aromatic nitrogens is 1. The van der Waals surface area contributed by atoms with Gasteiger partial charge in [0, 0.05) is 30.0 Å². The molecule has 0 bridgehead atoms. The molecule has 98 valence electrons. The van der Waals surface area contributed by atoms with Crippen LogP contribution >= 0.6 is 15.9 Å². The van der Waals surface area contributed by atoms with E-state index >= 15 is 0 Å². The van der Waals surface area contributed by atoms with Crippen LogP contribution in [0.4, 0.5) is 0 Å². The van der Waals surface area contributed by atoms with E-state index in [1.807, 2.05) is 6.92 Å². The summed E-state index contributed by atoms with van der Waals surface area (Å²) in [5, 5.41) is 9.14. The van der Waals surface area contributed by atoms with Gasteiger partial charge in [-0.15, -0.1) is 0 Å². The van der Waals surface area contributed by atoms with Crippen LogP contribution in [0.5, 0.6) is 0 Å². The van der Waals surface area contributed by atoms with Crippen LogP contribution in [0.25, 0.3) is 0 Å². The topological polar surface area (TPSA) is 62.7 Å². The summed E-state index contributed by atoms with van der Waals surface area (Å²) in [6, 6.07) is 1.74. The van der Waals surface area contributed by atoms with Crippen molar-refractivity contribution in [2.75, 3.05) is 19.7 Å². The van der Waals surface area contributed by atoms with Crippen LogP contribution in [0.3, 0.4) is 0 Å². The van der Waals surface area contributed by atoms with Crippen molar-refractivity contribution in [3.63, 3.8) is 0 Å². The SMILES string of the molecule is CC1CN(C(=O)c2cncc(Br)c2)CC(CO)O1. The summed E-state index contributed by atoms with van der Waals surface area (Å²) < 4.78 is 6.28. The van der Waals surface area contributed by atoms with Crippen LogP contribution in [-0.2, 0) is 4.74 Å². The Morgan fingerprint density at radius 3 is 3.06 bits per heavy atom. The Morgan fingerprint density at radius 2 is 2.39 bits per heavy atom. The highest BCUT2D eigenvalue weighted by Gasteiger charge is 2.28. The summed E-state index contributed by atoms with van der Waals surface area (Å²) in [5.41, 5.74) is 0.537. The van der Waals surface area contributed by atoms with Crippen molar-refractivity contribution >= 4 is 21.8 Å². The smallest absolute Gasteiger partial charge is 0.255 e. The molecule has 2 heterocycles. The van der Waals surface area contributed by atoms with Gasteiger partial charge in [0.05, 0.1) is 24.4 Å². The Kier molecular flexibility index (Phi) is 4.31. The number of rotatable bonds is 2. The van der Waals surface area contributed by atoms with Crippen LogP contribution in [0.15, 0.2) is 22.9 Å². The van der Waals surface area contributed by atoms with Crippen molar-refractivity contribution in [1.82, 2.24) is 9.88 Å². The number of ether oxygens (including phenoxy) is 1. The lowest BCUT2D eigenvalue weighted by atomic mass is 10.2. The molecule has 1 aliphatic heterocycles. The predicted molar refractivity (Wildman–Crippen MR) is 69.3 cm³/mol. The van der Waals surface area contributed by atoms with E-state index in [9.17, 15) is 4.79 Å². The maximum absolute atomic E-state index is 12.3. The largest absolute Gasteiger partial charge is 0.394 e. The zero-order valence-corrected chi connectivity index (χ0v) is 11.6. The molecule has 0 saturated carbocycles. The normalized spacial score (nSPS) is 24.1. The Morgan fingerprint density at radius 1 is 1.61 bits per heavy atom. The van der Waals surface area contributed by atoms with Gasteiger partial charge in [0.25, 0.3) is 5.91 Å². The van der Waals surface area contributed by atoms with Crippen molar-refractivity contribution < 1.29 is 14.6 Å². The quantitative estimate of drug-likeness (QED) is 0.887. The van der Waals surface area contributed by atoms with Gasteiger partial charge in [-0.05, 0) is 28.9 Å². The van der Waals surface area contributed by atoms with Crippen LogP contribution in [0, 0.1) is 0 Å². The second kappa shape index (κ2) is 5.77. The molecule has 1 saturated heterocycles. The average molecular weight is 315 g/mol. The maximum Gasteiger partial charge on any atom is 0.255 e. The fourth-order valence-electron chi connectivity index (χ4n) is 2.02. The molecule has 2 unspecified atom stereocenters. The van der Waals surface area contributed by atoms with Crippen LogP contribution < -0.4 is 0 Å². The summed E-state index contributed by atoms with van der Waals surface area (Å²) in [6.45, 7) is 2.75. The van der Waals surface area contributed by atoms with Gasteiger partial charge in [0.2, 0.25) is 0 Å². The fourth-order valence-corrected chi connectivity index (χ4v) is 2.39. The number of hydrogen-bond acceptors (Lipinski definition) is 4. The number of carbonyl (C=O) groups excluding carboxylic acids is 1. The summed E-state index contributed by atoms with van der Waals surface area (Å²) in [7, 11) is 0. The van der Waals surface area contributed by atoms with E-state index in [-0.39, 0.29) is 24.7 Å². The van der Waals surface area contributed by atoms with E-state index in [4.69, 9.17) is 9.84 Å². The first-order chi connectivity index (χ1) is 8.60. The molecule has 0 aromatic carbocycles. The van der Waals surface area contributed by atoms with Crippen molar-refractivity contribution in [2.24, 2.45) is 0 Å². The molecule has 1 amide bonds. The summed E-state index contributed by atoms with van der Waals surface area (Å²) in [6.07, 6.45) is 2.80. The molecule has 0 radical (unpaired) electrons. The maximum atomic E-state index is 12.3. The van der Waals surface area contributed by atoms with Gasteiger partial charge in [-0.1, -0.05) is 0 Å². The van der Waals surface area contributed by atoms with Gasteiger partial charge < -0.3 is 14.7 Å². The lowest BCUT2D eigenvalue weighted by Gasteiger charge is -2.36. The fraction of sp³-hybridized carbons (Fsp3) is 0.500. The van der Waals surface area contributed by atoms with E-state index < -0.39 is 0 Å². The van der Waals surface area contributed by atoms with E-state index in [0.717, 1.165) is 4.47 Å². The Bertz CT molecular complexity index is 441. The zero-order valence-electron chi connectivity index (χ0n) is 10.0. The van der Waals surface area contributed by atoms with Crippen LogP contribution in [0.1, 0.15) is 17.3 Å². The lowest BCUT2D eigenvalue weighted by Crippen LogP contribution is -2.50. The Hall–Kier alpha value is -0.980. The number of nitrogens with zero attached hydrogens (tertiary/aromatic N) is 2. The van der Waals surface area contributed by atoms with E-state index in [2.05, 4.69) is 20.9 Å². The second-order valence-corrected chi connectivity index (χ2v) is 5.27. The molecule has 1 N–H and O–H groups in total. The molecule has 1 aliphatic rings. The summed E-state index contributed by atoms with van der Waals surface area (Å²) >= 11 is 3.29. The Balaban J connectivity index is 2.13. The molecule has 2 atom stereocenters. The predicted octanol–water partition coefficient (Wildman–Crippen LogP) is 1.07. The standard InChI is InChI=1S/C12H15BrN2O3/c1-8-5-15(6-11(7-16)18-8)12(17)9-2-10(13)4-14-3-9/h2-4,8,11,16H,5-7H2,1H3. The minimum Gasteiger partial charge on any atom is -0.394 e.